The summed E-state index contributed by atoms with van der Waals surface area (Å²) >= 11 is 0. The van der Waals surface area contributed by atoms with Gasteiger partial charge < -0.3 is 9.22 Å². The van der Waals surface area contributed by atoms with Crippen LogP contribution in [0.3, 0.4) is 0 Å². The SMILES string of the molecule is CCCCC(CC)CC[N+](CCCC)(CCCC)C(C)(CC)CCc1cccc(OCC)c1. The van der Waals surface area contributed by atoms with Gasteiger partial charge in [0, 0.05) is 6.42 Å². The molecule has 0 amide bonds. The van der Waals surface area contributed by atoms with Crippen molar-refractivity contribution in [2.24, 2.45) is 5.92 Å². The second kappa shape index (κ2) is 16.6. The molecule has 1 aromatic rings. The Kier molecular flexibility index (Phi) is 15.1. The summed E-state index contributed by atoms with van der Waals surface area (Å²) in [6, 6.07) is 8.82. The van der Waals surface area contributed by atoms with Gasteiger partial charge in [0.25, 0.3) is 0 Å². The summed E-state index contributed by atoms with van der Waals surface area (Å²) in [6.07, 6.45) is 15.9. The van der Waals surface area contributed by atoms with E-state index in [9.17, 15) is 0 Å². The monoisotopic (exact) mass is 460 g/mol. The second-order valence-corrected chi connectivity index (χ2v) is 10.7. The highest BCUT2D eigenvalue weighted by molar-refractivity contribution is 5.28. The van der Waals surface area contributed by atoms with Crippen LogP contribution < -0.4 is 4.74 Å². The molecular formula is C31H58NO+. The van der Waals surface area contributed by atoms with Crippen molar-refractivity contribution in [3.63, 3.8) is 0 Å². The Morgan fingerprint density at radius 2 is 1.52 bits per heavy atom. The minimum Gasteiger partial charge on any atom is -0.494 e. The summed E-state index contributed by atoms with van der Waals surface area (Å²) in [7, 11) is 0. The molecule has 0 aliphatic carbocycles. The number of aryl methyl sites for hydroxylation is 1. The van der Waals surface area contributed by atoms with E-state index >= 15 is 0 Å². The van der Waals surface area contributed by atoms with Crippen molar-refractivity contribution in [2.75, 3.05) is 26.2 Å². The maximum Gasteiger partial charge on any atom is 0.119 e. The molecule has 0 saturated heterocycles. The van der Waals surface area contributed by atoms with Gasteiger partial charge in [-0.25, -0.2) is 0 Å². The Labute approximate surface area is 208 Å². The molecule has 2 atom stereocenters. The zero-order chi connectivity index (χ0) is 24.6. The van der Waals surface area contributed by atoms with Crippen molar-refractivity contribution in [3.8, 4) is 5.75 Å². The van der Waals surface area contributed by atoms with Crippen LogP contribution in [-0.4, -0.2) is 36.3 Å². The minimum absolute atomic E-state index is 0.328. The largest absolute Gasteiger partial charge is 0.494 e. The number of hydrogen-bond acceptors (Lipinski definition) is 1. The van der Waals surface area contributed by atoms with Crippen LogP contribution in [0.5, 0.6) is 5.75 Å². The molecule has 33 heavy (non-hydrogen) atoms. The van der Waals surface area contributed by atoms with E-state index in [0.29, 0.717) is 5.54 Å². The third-order valence-corrected chi connectivity index (χ3v) is 8.46. The highest BCUT2D eigenvalue weighted by Gasteiger charge is 2.44. The molecule has 0 N–H and O–H groups in total. The van der Waals surface area contributed by atoms with Gasteiger partial charge in [0.05, 0.1) is 31.8 Å². The molecule has 0 heterocycles. The maximum atomic E-state index is 5.78. The summed E-state index contributed by atoms with van der Waals surface area (Å²) in [5, 5.41) is 0. The van der Waals surface area contributed by atoms with Gasteiger partial charge in [-0.15, -0.1) is 0 Å². The van der Waals surface area contributed by atoms with Gasteiger partial charge >= 0.3 is 0 Å². The molecule has 0 aromatic heterocycles. The molecule has 1 rings (SSSR count). The van der Waals surface area contributed by atoms with Crippen LogP contribution in [0.4, 0.5) is 0 Å². The normalized spacial score (nSPS) is 14.8. The molecule has 0 aliphatic rings. The quantitative estimate of drug-likeness (QED) is 0.176. The lowest BCUT2D eigenvalue weighted by Crippen LogP contribution is -2.64. The number of rotatable bonds is 20. The number of nitrogens with zero attached hydrogens (tertiary/aromatic N) is 1. The fourth-order valence-corrected chi connectivity index (χ4v) is 5.66. The molecule has 2 unspecified atom stereocenters. The molecule has 0 saturated carbocycles. The Morgan fingerprint density at radius 1 is 0.848 bits per heavy atom. The molecule has 2 heteroatoms. The molecular weight excluding hydrogens is 402 g/mol. The van der Waals surface area contributed by atoms with Gasteiger partial charge in [-0.05, 0) is 69.6 Å². The lowest BCUT2D eigenvalue weighted by atomic mass is 9.83. The number of unbranched alkanes of at least 4 members (excludes halogenated alkanes) is 3. The Morgan fingerprint density at radius 3 is 2.06 bits per heavy atom. The first kappa shape index (κ1) is 30.0. The molecule has 0 aliphatic heterocycles. The van der Waals surface area contributed by atoms with Crippen LogP contribution in [0.15, 0.2) is 24.3 Å². The molecule has 2 nitrogen and oxygen atoms in total. The Balaban J connectivity index is 3.15. The van der Waals surface area contributed by atoms with E-state index in [-0.39, 0.29) is 0 Å². The number of ether oxygens (including phenoxy) is 1. The van der Waals surface area contributed by atoms with Crippen molar-refractivity contribution in [1.82, 2.24) is 0 Å². The number of benzene rings is 1. The van der Waals surface area contributed by atoms with Gasteiger partial charge in [0.2, 0.25) is 0 Å². The van der Waals surface area contributed by atoms with E-state index < -0.39 is 0 Å². The summed E-state index contributed by atoms with van der Waals surface area (Å²) in [4.78, 5) is 0. The zero-order valence-electron chi connectivity index (χ0n) is 23.6. The van der Waals surface area contributed by atoms with Gasteiger partial charge in [-0.2, -0.15) is 0 Å². The number of quaternary nitrogens is 1. The first-order chi connectivity index (χ1) is 15.9. The minimum atomic E-state index is 0.328. The fourth-order valence-electron chi connectivity index (χ4n) is 5.66. The van der Waals surface area contributed by atoms with Gasteiger partial charge in [0.1, 0.15) is 5.75 Å². The van der Waals surface area contributed by atoms with E-state index in [1.54, 1.807) is 0 Å². The summed E-state index contributed by atoms with van der Waals surface area (Å²) in [5.41, 5.74) is 1.76. The van der Waals surface area contributed by atoms with E-state index in [1.165, 1.54) is 100 Å². The van der Waals surface area contributed by atoms with Crippen LogP contribution in [0.2, 0.25) is 0 Å². The third kappa shape index (κ3) is 9.63. The first-order valence-electron chi connectivity index (χ1n) is 14.5. The molecule has 0 bridgehead atoms. The standard InChI is InChI=1S/C31H58NO/c1-8-14-18-28(11-4)22-26-32(24-15-9-2,25-16-10-3)31(7,12-5)23-21-29-19-17-20-30(27-29)33-13-6/h17,19-20,27-28H,8-16,18,21-26H2,1-7H3/q+1. The van der Waals surface area contributed by atoms with E-state index in [2.05, 4.69) is 72.7 Å². The van der Waals surface area contributed by atoms with Crippen molar-refractivity contribution >= 4 is 0 Å². The number of hydrogen-bond donors (Lipinski definition) is 0. The Hall–Kier alpha value is -1.02. The predicted octanol–water partition coefficient (Wildman–Crippen LogP) is 9.21. The van der Waals surface area contributed by atoms with Crippen molar-refractivity contribution < 1.29 is 9.22 Å². The first-order valence-corrected chi connectivity index (χ1v) is 14.5. The highest BCUT2D eigenvalue weighted by atomic mass is 16.5. The molecule has 192 valence electrons. The van der Waals surface area contributed by atoms with Crippen molar-refractivity contribution in [2.45, 2.75) is 131 Å². The van der Waals surface area contributed by atoms with Crippen molar-refractivity contribution in [3.05, 3.63) is 29.8 Å². The Bertz CT molecular complexity index is 605. The van der Waals surface area contributed by atoms with E-state index in [0.717, 1.165) is 24.7 Å². The van der Waals surface area contributed by atoms with Gasteiger partial charge in [0.15, 0.2) is 0 Å². The van der Waals surface area contributed by atoms with Crippen LogP contribution in [0, 0.1) is 5.92 Å². The second-order valence-electron chi connectivity index (χ2n) is 10.7. The zero-order valence-corrected chi connectivity index (χ0v) is 23.6. The van der Waals surface area contributed by atoms with Gasteiger partial charge in [-0.1, -0.05) is 85.3 Å². The molecule has 0 fully saturated rings. The lowest BCUT2D eigenvalue weighted by molar-refractivity contribution is -0.976. The van der Waals surface area contributed by atoms with Crippen molar-refractivity contribution in [1.29, 1.82) is 0 Å². The third-order valence-electron chi connectivity index (χ3n) is 8.46. The predicted molar refractivity (Wildman–Crippen MR) is 147 cm³/mol. The maximum absolute atomic E-state index is 5.78. The van der Waals surface area contributed by atoms with Gasteiger partial charge in [-0.3, -0.25) is 0 Å². The average molecular weight is 461 g/mol. The summed E-state index contributed by atoms with van der Waals surface area (Å²) < 4.78 is 7.12. The van der Waals surface area contributed by atoms with Crippen LogP contribution >= 0.6 is 0 Å². The van der Waals surface area contributed by atoms with Crippen LogP contribution in [-0.2, 0) is 6.42 Å². The summed E-state index contributed by atoms with van der Waals surface area (Å²) in [5.74, 6) is 1.92. The smallest absolute Gasteiger partial charge is 0.119 e. The molecule has 0 spiro atoms. The van der Waals surface area contributed by atoms with E-state index in [4.69, 9.17) is 4.74 Å². The highest BCUT2D eigenvalue weighted by Crippen LogP contribution is 2.36. The molecule has 0 radical (unpaired) electrons. The lowest BCUT2D eigenvalue weighted by Gasteiger charge is -2.53. The van der Waals surface area contributed by atoms with E-state index in [1.807, 2.05) is 0 Å². The average Bonchev–Trinajstić information content (AvgIpc) is 2.84. The fraction of sp³-hybridized carbons (Fsp3) is 0.806. The van der Waals surface area contributed by atoms with Crippen LogP contribution in [0.1, 0.15) is 125 Å². The molecule has 1 aromatic carbocycles. The summed E-state index contributed by atoms with van der Waals surface area (Å²) in [6.45, 7) is 21.4. The van der Waals surface area contributed by atoms with Crippen LogP contribution in [0.25, 0.3) is 0 Å². The topological polar surface area (TPSA) is 9.23 Å².